The van der Waals surface area contributed by atoms with Crippen LogP contribution in [0.15, 0.2) is 30.3 Å². The zero-order valence-corrected chi connectivity index (χ0v) is 28.0. The molecule has 3 amide bonds. The summed E-state index contributed by atoms with van der Waals surface area (Å²) in [6.45, 7) is 19.1. The van der Waals surface area contributed by atoms with Crippen LogP contribution in [0.4, 0.5) is 4.79 Å². The van der Waals surface area contributed by atoms with Crippen LogP contribution in [-0.4, -0.2) is 91.7 Å². The standard InChI is InChI=1S/C32H54N4O6/c1-21(2)23(19-33-20-24(37)41-13)35(11)28(39)25(30(3,4)5)34-27(38)26(36(12)29(40)42-31(6,7)8)32(9,10)22-17-15-14-16-18-22/h14-18,21,23,25-26,33H,19-20H2,1-13H3,(H,34,38)/t23-,25?,26-/m1/s1. The molecule has 0 aliphatic carbocycles. The summed E-state index contributed by atoms with van der Waals surface area (Å²) in [7, 11) is 4.57. The topological polar surface area (TPSA) is 117 Å². The second-order valence-corrected chi connectivity index (χ2v) is 13.9. The lowest BCUT2D eigenvalue weighted by molar-refractivity contribution is -0.142. The molecule has 42 heavy (non-hydrogen) atoms. The molecule has 0 radical (unpaired) electrons. The molecule has 0 heterocycles. The number of nitrogens with zero attached hydrogens (tertiary/aromatic N) is 2. The van der Waals surface area contributed by atoms with Gasteiger partial charge in [-0.3, -0.25) is 19.3 Å². The molecule has 2 N–H and O–H groups in total. The molecule has 0 spiro atoms. The lowest BCUT2D eigenvalue weighted by atomic mass is 9.76. The third-order valence-electron chi connectivity index (χ3n) is 7.38. The maximum Gasteiger partial charge on any atom is 0.410 e. The van der Waals surface area contributed by atoms with Gasteiger partial charge in [-0.25, -0.2) is 4.79 Å². The zero-order chi connectivity index (χ0) is 32.6. The van der Waals surface area contributed by atoms with Gasteiger partial charge in [0.25, 0.3) is 0 Å². The molecule has 0 fully saturated rings. The largest absolute Gasteiger partial charge is 0.468 e. The summed E-state index contributed by atoms with van der Waals surface area (Å²) in [6, 6.07) is 7.33. The van der Waals surface area contributed by atoms with Crippen LogP contribution in [0.3, 0.4) is 0 Å². The number of methoxy groups -OCH3 is 1. The quantitative estimate of drug-likeness (QED) is 0.354. The smallest absolute Gasteiger partial charge is 0.410 e. The first-order chi connectivity index (χ1) is 19.1. The van der Waals surface area contributed by atoms with Crippen molar-refractivity contribution in [2.75, 3.05) is 34.3 Å². The molecule has 10 heteroatoms. The first-order valence-electron chi connectivity index (χ1n) is 14.5. The van der Waals surface area contributed by atoms with Gasteiger partial charge in [0.2, 0.25) is 11.8 Å². The van der Waals surface area contributed by atoms with E-state index in [-0.39, 0.29) is 24.4 Å². The summed E-state index contributed by atoms with van der Waals surface area (Å²) < 4.78 is 10.3. The number of amides is 3. The van der Waals surface area contributed by atoms with E-state index in [4.69, 9.17) is 9.47 Å². The molecular formula is C32H54N4O6. The molecule has 238 valence electrons. The van der Waals surface area contributed by atoms with E-state index in [1.54, 1.807) is 39.8 Å². The Morgan fingerprint density at radius 1 is 0.881 bits per heavy atom. The highest BCUT2D eigenvalue weighted by molar-refractivity contribution is 5.93. The highest BCUT2D eigenvalue weighted by Crippen LogP contribution is 2.32. The first-order valence-corrected chi connectivity index (χ1v) is 14.5. The third-order valence-corrected chi connectivity index (χ3v) is 7.38. The van der Waals surface area contributed by atoms with Crippen molar-refractivity contribution in [3.05, 3.63) is 35.9 Å². The number of esters is 1. The fourth-order valence-corrected chi connectivity index (χ4v) is 4.90. The van der Waals surface area contributed by atoms with Gasteiger partial charge in [-0.2, -0.15) is 0 Å². The van der Waals surface area contributed by atoms with Gasteiger partial charge in [0.1, 0.15) is 17.7 Å². The molecule has 0 aliphatic rings. The lowest BCUT2D eigenvalue weighted by Gasteiger charge is -2.42. The summed E-state index contributed by atoms with van der Waals surface area (Å²) in [6.07, 6.45) is -0.640. The molecule has 1 aromatic carbocycles. The second-order valence-electron chi connectivity index (χ2n) is 13.9. The number of benzene rings is 1. The normalized spacial score (nSPS) is 14.4. The molecule has 0 aromatic heterocycles. The van der Waals surface area contributed by atoms with Crippen LogP contribution in [-0.2, 0) is 29.3 Å². The molecule has 3 atom stereocenters. The Bertz CT molecular complexity index is 1060. The molecule has 1 aromatic rings. The highest BCUT2D eigenvalue weighted by Gasteiger charge is 2.45. The van der Waals surface area contributed by atoms with E-state index in [9.17, 15) is 19.2 Å². The maximum atomic E-state index is 14.2. The van der Waals surface area contributed by atoms with Gasteiger partial charge >= 0.3 is 12.1 Å². The molecule has 0 bridgehead atoms. The van der Waals surface area contributed by atoms with Crippen molar-refractivity contribution in [3.8, 4) is 0 Å². The predicted octanol–water partition coefficient (Wildman–Crippen LogP) is 3.98. The van der Waals surface area contributed by atoms with E-state index in [1.807, 2.05) is 78.8 Å². The number of hydrogen-bond donors (Lipinski definition) is 2. The molecule has 1 unspecified atom stereocenters. The molecule has 0 saturated carbocycles. The number of carbonyl (C=O) groups excluding carboxylic acids is 4. The zero-order valence-electron chi connectivity index (χ0n) is 28.0. The monoisotopic (exact) mass is 590 g/mol. The minimum absolute atomic E-state index is 0.0223. The Hall–Kier alpha value is -3.14. The average Bonchev–Trinajstić information content (AvgIpc) is 2.87. The molecular weight excluding hydrogens is 536 g/mol. The number of carbonyl (C=O) groups is 4. The number of hydrogen-bond acceptors (Lipinski definition) is 7. The summed E-state index contributed by atoms with van der Waals surface area (Å²) in [4.78, 5) is 56.1. The van der Waals surface area contributed by atoms with E-state index < -0.39 is 46.5 Å². The van der Waals surface area contributed by atoms with Gasteiger partial charge < -0.3 is 25.0 Å². The van der Waals surface area contributed by atoms with Crippen molar-refractivity contribution in [1.82, 2.24) is 20.4 Å². The van der Waals surface area contributed by atoms with Crippen molar-refractivity contribution >= 4 is 23.9 Å². The number of ether oxygens (including phenoxy) is 2. The van der Waals surface area contributed by atoms with Crippen LogP contribution >= 0.6 is 0 Å². The minimum atomic E-state index is -1.000. The highest BCUT2D eigenvalue weighted by atomic mass is 16.6. The Labute approximate surface area is 252 Å². The molecule has 10 nitrogen and oxygen atoms in total. The summed E-state index contributed by atoms with van der Waals surface area (Å²) in [5.41, 5.74) is -1.41. The van der Waals surface area contributed by atoms with Gasteiger partial charge in [0.15, 0.2) is 0 Å². The first kappa shape index (κ1) is 36.9. The van der Waals surface area contributed by atoms with Crippen molar-refractivity contribution in [2.24, 2.45) is 11.3 Å². The van der Waals surface area contributed by atoms with Gasteiger partial charge in [0, 0.05) is 32.1 Å². The van der Waals surface area contributed by atoms with Gasteiger partial charge in [-0.1, -0.05) is 78.8 Å². The predicted molar refractivity (Wildman–Crippen MR) is 165 cm³/mol. The van der Waals surface area contributed by atoms with Gasteiger partial charge in [-0.05, 0) is 37.7 Å². The number of likely N-dealkylation sites (N-methyl/N-ethyl adjacent to an activating group) is 2. The number of rotatable bonds is 12. The maximum absolute atomic E-state index is 14.2. The van der Waals surface area contributed by atoms with Crippen LogP contribution in [0.2, 0.25) is 0 Å². The van der Waals surface area contributed by atoms with Gasteiger partial charge in [-0.15, -0.1) is 0 Å². The van der Waals surface area contributed by atoms with Crippen molar-refractivity contribution in [1.29, 1.82) is 0 Å². The van der Waals surface area contributed by atoms with Crippen LogP contribution < -0.4 is 10.6 Å². The Morgan fingerprint density at radius 2 is 1.43 bits per heavy atom. The Kier molecular flexibility index (Phi) is 13.0. The SMILES string of the molecule is COC(=O)CNC[C@H](C(C)C)N(C)C(=O)C(NC(=O)[C@@H](N(C)C(=O)OC(C)(C)C)C(C)(C)c1ccccc1)C(C)(C)C. The Balaban J connectivity index is 3.45. The molecule has 0 aliphatic heterocycles. The summed E-state index contributed by atoms with van der Waals surface area (Å²) >= 11 is 0. The third kappa shape index (κ3) is 10.3. The minimum Gasteiger partial charge on any atom is -0.468 e. The van der Waals surface area contributed by atoms with Crippen LogP contribution in [0.25, 0.3) is 0 Å². The number of nitrogens with one attached hydrogen (secondary N) is 2. The van der Waals surface area contributed by atoms with E-state index in [0.717, 1.165) is 5.56 Å². The van der Waals surface area contributed by atoms with Gasteiger partial charge in [0.05, 0.1) is 13.7 Å². The Morgan fingerprint density at radius 3 is 1.88 bits per heavy atom. The average molecular weight is 591 g/mol. The van der Waals surface area contributed by atoms with E-state index in [2.05, 4.69) is 10.6 Å². The van der Waals surface area contributed by atoms with Crippen LogP contribution in [0.1, 0.15) is 74.8 Å². The fourth-order valence-electron chi connectivity index (χ4n) is 4.90. The van der Waals surface area contributed by atoms with Crippen molar-refractivity contribution in [2.45, 2.75) is 98.4 Å². The molecule has 0 saturated heterocycles. The van der Waals surface area contributed by atoms with E-state index in [0.29, 0.717) is 6.54 Å². The van der Waals surface area contributed by atoms with Crippen LogP contribution in [0, 0.1) is 11.3 Å². The second kappa shape index (κ2) is 14.8. The van der Waals surface area contributed by atoms with Crippen LogP contribution in [0.5, 0.6) is 0 Å². The lowest BCUT2D eigenvalue weighted by Crippen LogP contribution is -2.63. The van der Waals surface area contributed by atoms with Crippen molar-refractivity contribution in [3.63, 3.8) is 0 Å². The summed E-state index contributed by atoms with van der Waals surface area (Å²) in [5.74, 6) is -1.08. The summed E-state index contributed by atoms with van der Waals surface area (Å²) in [5, 5.41) is 6.08. The fraction of sp³-hybridized carbons (Fsp3) is 0.688. The molecule has 1 rings (SSSR count). The van der Waals surface area contributed by atoms with E-state index >= 15 is 0 Å². The van der Waals surface area contributed by atoms with E-state index in [1.165, 1.54) is 12.0 Å². The van der Waals surface area contributed by atoms with Crippen molar-refractivity contribution < 1.29 is 28.7 Å².